The average molecular weight is 278 g/mol. The van der Waals surface area contributed by atoms with E-state index in [0.29, 0.717) is 5.92 Å². The summed E-state index contributed by atoms with van der Waals surface area (Å²) < 4.78 is 5.85. The van der Waals surface area contributed by atoms with Crippen molar-refractivity contribution in [2.75, 3.05) is 0 Å². The number of unbranched alkanes of at least 4 members (excludes halogenated alkanes) is 2. The van der Waals surface area contributed by atoms with Crippen LogP contribution in [-0.4, -0.2) is 12.1 Å². The van der Waals surface area contributed by atoms with Crippen molar-refractivity contribution in [1.29, 1.82) is 0 Å². The third kappa shape index (κ3) is 4.10. The zero-order valence-electron chi connectivity index (χ0n) is 13.2. The van der Waals surface area contributed by atoms with Gasteiger partial charge in [-0.3, -0.25) is 0 Å². The number of hydrogen-bond donors (Lipinski definition) is 0. The van der Waals surface area contributed by atoms with Crippen molar-refractivity contribution in [1.82, 2.24) is 0 Å². The minimum absolute atomic E-state index is 0.0719. The number of carbonyl (C=O) groups is 1. The van der Waals surface area contributed by atoms with Gasteiger partial charge in [-0.15, -0.1) is 0 Å². The third-order valence-corrected chi connectivity index (χ3v) is 5.10. The Morgan fingerprint density at radius 1 is 1.15 bits per heavy atom. The van der Waals surface area contributed by atoms with Crippen LogP contribution in [0.3, 0.4) is 0 Å². The van der Waals surface area contributed by atoms with Crippen LogP contribution < -0.4 is 0 Å². The molecule has 2 fully saturated rings. The molecular weight excluding hydrogens is 248 g/mol. The molecule has 0 spiro atoms. The Morgan fingerprint density at radius 2 is 1.90 bits per heavy atom. The normalized spacial score (nSPS) is 30.7. The van der Waals surface area contributed by atoms with E-state index in [4.69, 9.17) is 4.74 Å². The SMILES string of the molecule is CCCCC=C(C)C(=O)OC1CCCC2CCCCC21. The van der Waals surface area contributed by atoms with E-state index in [-0.39, 0.29) is 12.1 Å². The molecule has 3 unspecified atom stereocenters. The van der Waals surface area contributed by atoms with Gasteiger partial charge in [0.2, 0.25) is 0 Å². The van der Waals surface area contributed by atoms with Crippen molar-refractivity contribution in [2.45, 2.75) is 84.2 Å². The average Bonchev–Trinajstić information content (AvgIpc) is 2.47. The fraction of sp³-hybridized carbons (Fsp3) is 0.833. The monoisotopic (exact) mass is 278 g/mol. The first-order valence-electron chi connectivity index (χ1n) is 8.60. The molecule has 0 aromatic carbocycles. The zero-order valence-corrected chi connectivity index (χ0v) is 13.2. The highest BCUT2D eigenvalue weighted by Crippen LogP contribution is 2.41. The lowest BCUT2D eigenvalue weighted by molar-refractivity contribution is -0.151. The third-order valence-electron chi connectivity index (χ3n) is 5.10. The van der Waals surface area contributed by atoms with Gasteiger partial charge in [0.05, 0.1) is 0 Å². The van der Waals surface area contributed by atoms with Gasteiger partial charge in [0, 0.05) is 5.57 Å². The fourth-order valence-corrected chi connectivity index (χ4v) is 3.86. The van der Waals surface area contributed by atoms with Crippen LogP contribution in [0.4, 0.5) is 0 Å². The van der Waals surface area contributed by atoms with Gasteiger partial charge < -0.3 is 4.74 Å². The van der Waals surface area contributed by atoms with Gasteiger partial charge >= 0.3 is 5.97 Å². The topological polar surface area (TPSA) is 26.3 Å². The van der Waals surface area contributed by atoms with Gasteiger partial charge in [0.1, 0.15) is 6.10 Å². The van der Waals surface area contributed by atoms with Gasteiger partial charge in [-0.1, -0.05) is 45.1 Å². The van der Waals surface area contributed by atoms with E-state index < -0.39 is 0 Å². The van der Waals surface area contributed by atoms with Crippen LogP contribution in [0.25, 0.3) is 0 Å². The Morgan fingerprint density at radius 3 is 2.70 bits per heavy atom. The molecule has 0 aromatic heterocycles. The van der Waals surface area contributed by atoms with Gasteiger partial charge in [-0.05, 0) is 50.9 Å². The predicted octanol–water partition coefficient (Wildman–Crippen LogP) is 5.03. The summed E-state index contributed by atoms with van der Waals surface area (Å²) in [6.45, 7) is 4.08. The Bertz CT molecular complexity index is 343. The highest BCUT2D eigenvalue weighted by atomic mass is 16.5. The van der Waals surface area contributed by atoms with E-state index in [1.54, 1.807) is 0 Å². The molecule has 2 rings (SSSR count). The van der Waals surface area contributed by atoms with E-state index in [0.717, 1.165) is 30.8 Å². The summed E-state index contributed by atoms with van der Waals surface area (Å²) in [6.07, 6.45) is 14.5. The lowest BCUT2D eigenvalue weighted by Crippen LogP contribution is -2.37. The van der Waals surface area contributed by atoms with Crippen molar-refractivity contribution in [3.63, 3.8) is 0 Å². The largest absolute Gasteiger partial charge is 0.459 e. The number of fused-ring (bicyclic) bond motifs is 1. The molecule has 0 aromatic rings. The molecular formula is C18H30O2. The number of rotatable bonds is 5. The van der Waals surface area contributed by atoms with Gasteiger partial charge in [0.25, 0.3) is 0 Å². The van der Waals surface area contributed by atoms with Crippen molar-refractivity contribution in [2.24, 2.45) is 11.8 Å². The highest BCUT2D eigenvalue weighted by Gasteiger charge is 2.36. The maximum Gasteiger partial charge on any atom is 0.333 e. The molecule has 2 aliphatic carbocycles. The Balaban J connectivity index is 1.87. The highest BCUT2D eigenvalue weighted by molar-refractivity contribution is 5.87. The lowest BCUT2D eigenvalue weighted by Gasteiger charge is -2.40. The Labute approximate surface area is 124 Å². The van der Waals surface area contributed by atoms with E-state index in [2.05, 4.69) is 6.92 Å². The zero-order chi connectivity index (χ0) is 14.4. The van der Waals surface area contributed by atoms with Gasteiger partial charge in [-0.2, -0.15) is 0 Å². The number of hydrogen-bond acceptors (Lipinski definition) is 2. The summed E-state index contributed by atoms with van der Waals surface area (Å²) >= 11 is 0. The molecule has 0 amide bonds. The first kappa shape index (κ1) is 15.6. The molecule has 0 N–H and O–H groups in total. The first-order valence-corrected chi connectivity index (χ1v) is 8.60. The standard InChI is InChI=1S/C18H30O2/c1-3-4-5-9-14(2)18(19)20-17-13-8-11-15-10-6-7-12-16(15)17/h9,15-17H,3-8,10-13H2,1-2H3. The molecule has 2 saturated carbocycles. The Hall–Kier alpha value is -0.790. The summed E-state index contributed by atoms with van der Waals surface area (Å²) in [4.78, 5) is 12.2. The molecule has 2 aliphatic rings. The summed E-state index contributed by atoms with van der Waals surface area (Å²) in [6, 6.07) is 0. The lowest BCUT2D eigenvalue weighted by atomic mass is 9.69. The second-order valence-electron chi connectivity index (χ2n) is 6.61. The minimum Gasteiger partial charge on any atom is -0.459 e. The predicted molar refractivity (Wildman–Crippen MR) is 82.5 cm³/mol. The van der Waals surface area contributed by atoms with Crippen LogP contribution >= 0.6 is 0 Å². The van der Waals surface area contributed by atoms with Crippen LogP contribution in [0.1, 0.15) is 78.1 Å². The van der Waals surface area contributed by atoms with Gasteiger partial charge in [0.15, 0.2) is 0 Å². The molecule has 0 aliphatic heterocycles. The molecule has 2 nitrogen and oxygen atoms in total. The molecule has 0 saturated heterocycles. The smallest absolute Gasteiger partial charge is 0.333 e. The maximum atomic E-state index is 12.2. The number of allylic oxidation sites excluding steroid dienone is 1. The van der Waals surface area contributed by atoms with E-state index in [9.17, 15) is 4.79 Å². The molecule has 0 radical (unpaired) electrons. The summed E-state index contributed by atoms with van der Waals surface area (Å²) in [5.74, 6) is 1.39. The minimum atomic E-state index is -0.0719. The van der Waals surface area contributed by atoms with Gasteiger partial charge in [-0.25, -0.2) is 4.79 Å². The van der Waals surface area contributed by atoms with Crippen molar-refractivity contribution >= 4 is 5.97 Å². The molecule has 20 heavy (non-hydrogen) atoms. The molecule has 114 valence electrons. The van der Waals surface area contributed by atoms with Crippen molar-refractivity contribution in [3.8, 4) is 0 Å². The second kappa shape index (κ2) is 7.85. The van der Waals surface area contributed by atoms with Crippen LogP contribution in [0.15, 0.2) is 11.6 Å². The van der Waals surface area contributed by atoms with Crippen molar-refractivity contribution in [3.05, 3.63) is 11.6 Å². The van der Waals surface area contributed by atoms with E-state index in [1.165, 1.54) is 44.9 Å². The van der Waals surface area contributed by atoms with E-state index >= 15 is 0 Å². The fourth-order valence-electron chi connectivity index (χ4n) is 3.86. The molecule has 0 bridgehead atoms. The summed E-state index contributed by atoms with van der Waals surface area (Å²) in [5, 5.41) is 0. The number of ether oxygens (including phenoxy) is 1. The summed E-state index contributed by atoms with van der Waals surface area (Å²) in [5.41, 5.74) is 0.802. The number of esters is 1. The van der Waals surface area contributed by atoms with Crippen LogP contribution in [0.2, 0.25) is 0 Å². The van der Waals surface area contributed by atoms with E-state index in [1.807, 2.05) is 13.0 Å². The first-order chi connectivity index (χ1) is 9.72. The van der Waals surface area contributed by atoms with Crippen LogP contribution in [-0.2, 0) is 9.53 Å². The van der Waals surface area contributed by atoms with Crippen molar-refractivity contribution < 1.29 is 9.53 Å². The quantitative estimate of drug-likeness (QED) is 0.401. The molecule has 0 heterocycles. The Kier molecular flexibility index (Phi) is 6.12. The number of carbonyl (C=O) groups excluding carboxylic acids is 1. The molecule has 3 atom stereocenters. The second-order valence-corrected chi connectivity index (χ2v) is 6.61. The van der Waals surface area contributed by atoms with Crippen LogP contribution in [0.5, 0.6) is 0 Å². The van der Waals surface area contributed by atoms with Crippen LogP contribution in [0, 0.1) is 11.8 Å². The maximum absolute atomic E-state index is 12.2. The summed E-state index contributed by atoms with van der Waals surface area (Å²) in [7, 11) is 0. The molecule has 2 heteroatoms.